The molecule has 0 spiro atoms. The Morgan fingerprint density at radius 2 is 1.87 bits per heavy atom. The van der Waals surface area contributed by atoms with E-state index in [0.29, 0.717) is 40.1 Å². The smallest absolute Gasteiger partial charge is 0.279 e. The minimum atomic E-state index is -0.367. The van der Waals surface area contributed by atoms with Gasteiger partial charge in [0.05, 0.1) is 6.42 Å². The van der Waals surface area contributed by atoms with Gasteiger partial charge in [0.2, 0.25) is 11.7 Å². The van der Waals surface area contributed by atoms with E-state index in [1.807, 2.05) is 34.9 Å². The third kappa shape index (κ3) is 4.13. The minimum absolute atomic E-state index is 0.0963. The van der Waals surface area contributed by atoms with Crippen LogP contribution in [0.15, 0.2) is 72.0 Å². The Morgan fingerprint density at radius 1 is 1.16 bits per heavy atom. The van der Waals surface area contributed by atoms with Crippen LogP contribution in [0, 0.1) is 6.92 Å². The summed E-state index contributed by atoms with van der Waals surface area (Å²) in [6, 6.07) is 16.2. The molecule has 2 aromatic heterocycles. The predicted octanol–water partition coefficient (Wildman–Crippen LogP) is 3.89. The highest BCUT2D eigenvalue weighted by Crippen LogP contribution is 2.18. The maximum absolute atomic E-state index is 13.2. The van der Waals surface area contributed by atoms with Crippen LogP contribution in [0.1, 0.15) is 11.3 Å². The summed E-state index contributed by atoms with van der Waals surface area (Å²) < 4.78 is 3.09. The lowest BCUT2D eigenvalue weighted by atomic mass is 10.1. The van der Waals surface area contributed by atoms with Crippen LogP contribution < -0.4 is 10.9 Å². The molecular formula is C23H20ClN5O2. The van der Waals surface area contributed by atoms with Crippen LogP contribution in [-0.2, 0) is 17.8 Å². The Morgan fingerprint density at radius 3 is 2.55 bits per heavy atom. The van der Waals surface area contributed by atoms with Gasteiger partial charge >= 0.3 is 0 Å². The first-order valence-corrected chi connectivity index (χ1v) is 10.1. The highest BCUT2D eigenvalue weighted by molar-refractivity contribution is 6.30. The second-order valence-electron chi connectivity index (χ2n) is 7.01. The summed E-state index contributed by atoms with van der Waals surface area (Å²) in [6.45, 7) is 6.02. The average Bonchev–Trinajstić information content (AvgIpc) is 3.22. The summed E-state index contributed by atoms with van der Waals surface area (Å²) in [5.41, 5.74) is 2.04. The van der Waals surface area contributed by atoms with Crippen molar-refractivity contribution in [3.05, 3.63) is 93.9 Å². The predicted molar refractivity (Wildman–Crippen MR) is 121 cm³/mol. The van der Waals surface area contributed by atoms with E-state index in [4.69, 9.17) is 11.6 Å². The molecule has 4 rings (SSSR count). The largest absolute Gasteiger partial charge is 0.326 e. The van der Waals surface area contributed by atoms with E-state index in [2.05, 4.69) is 22.0 Å². The Labute approximate surface area is 183 Å². The van der Waals surface area contributed by atoms with Crippen LogP contribution in [0.25, 0.3) is 17.2 Å². The number of carbonyl (C=O) groups is 1. The van der Waals surface area contributed by atoms with Crippen molar-refractivity contribution in [3.8, 4) is 11.4 Å². The number of hydrogen-bond acceptors (Lipinski definition) is 4. The first kappa shape index (κ1) is 20.6. The van der Waals surface area contributed by atoms with Gasteiger partial charge in [-0.3, -0.25) is 9.59 Å². The van der Waals surface area contributed by atoms with E-state index in [-0.39, 0.29) is 17.9 Å². The Balaban J connectivity index is 1.76. The number of halogens is 1. The number of hydrogen-bond donors (Lipinski definition) is 1. The van der Waals surface area contributed by atoms with E-state index in [0.717, 1.165) is 5.56 Å². The number of benzene rings is 2. The van der Waals surface area contributed by atoms with Gasteiger partial charge in [0.1, 0.15) is 0 Å². The summed E-state index contributed by atoms with van der Waals surface area (Å²) in [5.74, 6) is 0.538. The number of carbonyl (C=O) groups excluding carboxylic acids is 1. The van der Waals surface area contributed by atoms with E-state index < -0.39 is 0 Å². The molecule has 0 unspecified atom stereocenters. The molecule has 2 aromatic carbocycles. The molecule has 1 N–H and O–H groups in total. The lowest BCUT2D eigenvalue weighted by molar-refractivity contribution is -0.115. The quantitative estimate of drug-likeness (QED) is 0.468. The molecule has 2 heterocycles. The van der Waals surface area contributed by atoms with Gasteiger partial charge in [-0.15, -0.1) is 11.7 Å². The molecule has 0 saturated carbocycles. The lowest BCUT2D eigenvalue weighted by Gasteiger charge is -2.14. The second-order valence-corrected chi connectivity index (χ2v) is 7.45. The standard InChI is InChI=1S/C23H20ClN5O2/c1-3-13-28-15(2)19(14-20(30)25-18-11-9-17(24)10-12-18)22(31)29-23(28)26-21(27-29)16-7-5-4-6-8-16/h3-12H,1,13-14H2,2H3,(H,25,30). The normalized spacial score (nSPS) is 10.9. The van der Waals surface area contributed by atoms with E-state index in [9.17, 15) is 9.59 Å². The number of nitrogens with zero attached hydrogens (tertiary/aromatic N) is 4. The zero-order valence-electron chi connectivity index (χ0n) is 16.9. The SMILES string of the molecule is C=CCn1c(C)c(CC(=O)Nc2ccc(Cl)cc2)c(=O)n2nc(-c3ccccc3)nc12. The number of aromatic nitrogens is 4. The fourth-order valence-electron chi connectivity index (χ4n) is 3.37. The van der Waals surface area contributed by atoms with Crippen molar-refractivity contribution in [3.63, 3.8) is 0 Å². The van der Waals surface area contributed by atoms with Gasteiger partial charge in [0.25, 0.3) is 5.56 Å². The summed E-state index contributed by atoms with van der Waals surface area (Å²) in [4.78, 5) is 30.4. The third-order valence-corrected chi connectivity index (χ3v) is 5.18. The molecule has 0 radical (unpaired) electrons. The van der Waals surface area contributed by atoms with E-state index in [1.54, 1.807) is 37.3 Å². The maximum atomic E-state index is 13.2. The molecule has 0 aliphatic carbocycles. The first-order chi connectivity index (χ1) is 15.0. The lowest BCUT2D eigenvalue weighted by Crippen LogP contribution is -2.29. The molecule has 0 fully saturated rings. The monoisotopic (exact) mass is 433 g/mol. The number of allylic oxidation sites excluding steroid dienone is 1. The van der Waals surface area contributed by atoms with Crippen LogP contribution in [0.2, 0.25) is 5.02 Å². The second kappa shape index (κ2) is 8.57. The Hall–Kier alpha value is -3.71. The molecule has 0 aliphatic rings. The number of anilines is 1. The van der Waals surface area contributed by atoms with Gasteiger partial charge in [-0.25, -0.2) is 0 Å². The molecule has 31 heavy (non-hydrogen) atoms. The highest BCUT2D eigenvalue weighted by atomic mass is 35.5. The van der Waals surface area contributed by atoms with Crippen molar-refractivity contribution in [1.82, 2.24) is 19.2 Å². The van der Waals surface area contributed by atoms with Gasteiger partial charge in [0.15, 0.2) is 5.82 Å². The topological polar surface area (TPSA) is 81.3 Å². The molecule has 8 heteroatoms. The molecule has 1 amide bonds. The number of amides is 1. The van der Waals surface area contributed by atoms with Crippen molar-refractivity contribution in [2.75, 3.05) is 5.32 Å². The van der Waals surface area contributed by atoms with Crippen molar-refractivity contribution in [2.45, 2.75) is 19.9 Å². The summed E-state index contributed by atoms with van der Waals surface area (Å²) in [6.07, 6.45) is 1.62. The van der Waals surface area contributed by atoms with Gasteiger partial charge in [0, 0.05) is 34.1 Å². The average molecular weight is 434 g/mol. The van der Waals surface area contributed by atoms with Crippen LogP contribution in [-0.4, -0.2) is 25.1 Å². The number of nitrogens with one attached hydrogen (secondary N) is 1. The fraction of sp³-hybridized carbons (Fsp3) is 0.130. The maximum Gasteiger partial charge on any atom is 0.279 e. The summed E-state index contributed by atoms with van der Waals surface area (Å²) in [7, 11) is 0. The molecule has 0 bridgehead atoms. The molecule has 0 saturated heterocycles. The molecule has 0 atom stereocenters. The molecule has 156 valence electrons. The first-order valence-electron chi connectivity index (χ1n) is 9.68. The van der Waals surface area contributed by atoms with Crippen molar-refractivity contribution in [2.24, 2.45) is 0 Å². The van der Waals surface area contributed by atoms with Crippen molar-refractivity contribution in [1.29, 1.82) is 0 Å². The van der Waals surface area contributed by atoms with Crippen LogP contribution in [0.5, 0.6) is 0 Å². The van der Waals surface area contributed by atoms with Crippen LogP contribution in [0.3, 0.4) is 0 Å². The van der Waals surface area contributed by atoms with Gasteiger partial charge < -0.3 is 9.88 Å². The fourth-order valence-corrected chi connectivity index (χ4v) is 3.50. The number of rotatable bonds is 6. The third-order valence-electron chi connectivity index (χ3n) is 4.93. The molecule has 0 aliphatic heterocycles. The van der Waals surface area contributed by atoms with E-state index >= 15 is 0 Å². The van der Waals surface area contributed by atoms with Gasteiger partial charge in [-0.2, -0.15) is 9.50 Å². The van der Waals surface area contributed by atoms with Crippen molar-refractivity contribution >= 4 is 29.0 Å². The Kier molecular flexibility index (Phi) is 5.68. The zero-order valence-corrected chi connectivity index (χ0v) is 17.6. The van der Waals surface area contributed by atoms with E-state index in [1.165, 1.54) is 4.52 Å². The van der Waals surface area contributed by atoms with Gasteiger partial charge in [-0.1, -0.05) is 48.0 Å². The number of fused-ring (bicyclic) bond motifs is 1. The molecule has 4 aromatic rings. The zero-order chi connectivity index (χ0) is 22.0. The van der Waals surface area contributed by atoms with Crippen LogP contribution >= 0.6 is 11.6 Å². The summed E-state index contributed by atoms with van der Waals surface area (Å²) in [5, 5.41) is 7.79. The molecule has 7 nitrogen and oxygen atoms in total. The highest BCUT2D eigenvalue weighted by Gasteiger charge is 2.20. The van der Waals surface area contributed by atoms with Crippen molar-refractivity contribution < 1.29 is 4.79 Å². The Bertz CT molecular complexity index is 1320. The van der Waals surface area contributed by atoms with Gasteiger partial charge in [-0.05, 0) is 31.2 Å². The van der Waals surface area contributed by atoms with Crippen LogP contribution in [0.4, 0.5) is 5.69 Å². The summed E-state index contributed by atoms with van der Waals surface area (Å²) >= 11 is 5.89. The molecular weight excluding hydrogens is 414 g/mol. The minimum Gasteiger partial charge on any atom is -0.326 e.